The second-order valence-corrected chi connectivity index (χ2v) is 10.4. The van der Waals surface area contributed by atoms with Crippen molar-refractivity contribution in [2.24, 2.45) is 5.41 Å². The highest BCUT2D eigenvalue weighted by atomic mass is 35.5. The second kappa shape index (κ2) is 8.95. The zero-order valence-corrected chi connectivity index (χ0v) is 20.9. The van der Waals surface area contributed by atoms with Crippen LogP contribution in [-0.2, 0) is 16.0 Å². The van der Waals surface area contributed by atoms with E-state index in [1.807, 2.05) is 35.2 Å². The van der Waals surface area contributed by atoms with E-state index < -0.39 is 34.2 Å². The number of piperidine rings is 1. The van der Waals surface area contributed by atoms with Crippen LogP contribution in [0.15, 0.2) is 72.8 Å². The average Bonchev–Trinajstić information content (AvgIpc) is 2.92. The van der Waals surface area contributed by atoms with Crippen molar-refractivity contribution in [1.29, 1.82) is 0 Å². The van der Waals surface area contributed by atoms with Crippen LogP contribution < -0.4 is 15.1 Å². The highest BCUT2D eigenvalue weighted by Crippen LogP contribution is 2.51. The molecular weight excluding hydrogens is 508 g/mol. The van der Waals surface area contributed by atoms with Gasteiger partial charge in [-0.2, -0.15) is 0 Å². The van der Waals surface area contributed by atoms with Crippen LogP contribution in [-0.4, -0.2) is 35.4 Å². The Kier molecular flexibility index (Phi) is 5.68. The van der Waals surface area contributed by atoms with Crippen molar-refractivity contribution in [3.05, 3.63) is 99.1 Å². The largest absolute Gasteiger partial charge is 0.367 e. The molecule has 192 valence electrons. The van der Waals surface area contributed by atoms with Gasteiger partial charge in [-0.1, -0.05) is 41.9 Å². The molecule has 3 heterocycles. The SMILES string of the molecule is O=C1NC(=O)[C@]2(Cc3cc([N+](=O)[O-])ccc3N3CC[C@H](c4ccccc4)C[C@@H]32)C(=O)N1c1ccc(Cl)cc1. The molecule has 0 radical (unpaired) electrons. The molecule has 0 aliphatic carbocycles. The Bertz CT molecular complexity index is 1480. The van der Waals surface area contributed by atoms with E-state index >= 15 is 0 Å². The van der Waals surface area contributed by atoms with Gasteiger partial charge < -0.3 is 4.90 Å². The third-order valence-corrected chi connectivity index (χ3v) is 8.25. The minimum Gasteiger partial charge on any atom is -0.367 e. The van der Waals surface area contributed by atoms with Crippen LogP contribution >= 0.6 is 11.6 Å². The van der Waals surface area contributed by atoms with Crippen molar-refractivity contribution in [2.45, 2.75) is 31.2 Å². The maximum absolute atomic E-state index is 14.4. The smallest absolute Gasteiger partial charge is 0.335 e. The summed E-state index contributed by atoms with van der Waals surface area (Å²) in [6.07, 6.45) is 1.22. The molecule has 0 aromatic heterocycles. The number of hydrogen-bond donors (Lipinski definition) is 1. The summed E-state index contributed by atoms with van der Waals surface area (Å²) < 4.78 is 0. The maximum atomic E-state index is 14.4. The van der Waals surface area contributed by atoms with Crippen LogP contribution in [0.5, 0.6) is 0 Å². The molecule has 3 aromatic rings. The lowest BCUT2D eigenvalue weighted by Crippen LogP contribution is -2.73. The predicted octanol–water partition coefficient (Wildman–Crippen LogP) is 4.83. The standard InChI is InChI=1S/C28H23ClN4O5/c29-20-6-8-21(9-7-20)32-26(35)28(25(34)30-27(32)36)16-19-14-22(33(37)38)10-11-23(19)31-13-12-18(15-24(28)31)17-4-2-1-3-5-17/h1-11,14,18,24H,12-13,15-16H2,(H,30,34,36)/t18-,24+,28+/m0/s1. The Labute approximate surface area is 223 Å². The van der Waals surface area contributed by atoms with E-state index in [0.717, 1.165) is 22.6 Å². The number of non-ortho nitro benzene ring substituents is 1. The Morgan fingerprint density at radius 1 is 1.00 bits per heavy atom. The monoisotopic (exact) mass is 530 g/mol. The molecule has 0 unspecified atom stereocenters. The summed E-state index contributed by atoms with van der Waals surface area (Å²) in [5, 5.41) is 14.4. The van der Waals surface area contributed by atoms with Gasteiger partial charge >= 0.3 is 6.03 Å². The molecule has 1 spiro atoms. The Morgan fingerprint density at radius 3 is 2.45 bits per heavy atom. The van der Waals surface area contributed by atoms with Crippen LogP contribution in [0.3, 0.4) is 0 Å². The van der Waals surface area contributed by atoms with Crippen LogP contribution in [0.2, 0.25) is 5.02 Å². The Hall–Kier alpha value is -4.24. The van der Waals surface area contributed by atoms with Crippen LogP contribution in [0, 0.1) is 15.5 Å². The molecule has 1 N–H and O–H groups in total. The molecule has 3 aliphatic heterocycles. The number of urea groups is 1. The number of fused-ring (bicyclic) bond motifs is 4. The molecule has 9 nitrogen and oxygen atoms in total. The van der Waals surface area contributed by atoms with E-state index in [9.17, 15) is 24.5 Å². The quantitative estimate of drug-likeness (QED) is 0.295. The number of nitro groups is 1. The number of anilines is 2. The van der Waals surface area contributed by atoms with Crippen molar-refractivity contribution in [3.63, 3.8) is 0 Å². The molecule has 2 saturated heterocycles. The number of carbonyl (C=O) groups is 3. The van der Waals surface area contributed by atoms with Crippen molar-refractivity contribution >= 4 is 46.5 Å². The van der Waals surface area contributed by atoms with Crippen LogP contribution in [0.1, 0.15) is 29.9 Å². The third kappa shape index (κ3) is 3.65. The molecule has 4 amide bonds. The molecule has 3 aromatic carbocycles. The van der Waals surface area contributed by atoms with Gasteiger partial charge in [-0.3, -0.25) is 25.0 Å². The number of barbiturate groups is 1. The second-order valence-electron chi connectivity index (χ2n) is 9.94. The molecule has 2 fully saturated rings. The van der Waals surface area contributed by atoms with E-state index in [0.29, 0.717) is 23.6 Å². The lowest BCUT2D eigenvalue weighted by Gasteiger charge is -2.54. The van der Waals surface area contributed by atoms with Crippen LogP contribution in [0.4, 0.5) is 21.9 Å². The number of nitrogens with zero attached hydrogens (tertiary/aromatic N) is 3. The summed E-state index contributed by atoms with van der Waals surface area (Å²) in [4.78, 5) is 55.2. The first-order valence-electron chi connectivity index (χ1n) is 12.3. The van der Waals surface area contributed by atoms with Gasteiger partial charge in [0.25, 0.3) is 11.6 Å². The topological polar surface area (TPSA) is 113 Å². The van der Waals surface area contributed by atoms with E-state index in [1.165, 1.54) is 12.1 Å². The number of benzene rings is 3. The van der Waals surface area contributed by atoms with Gasteiger partial charge in [0.05, 0.1) is 16.7 Å². The van der Waals surface area contributed by atoms with Crippen molar-refractivity contribution in [3.8, 4) is 0 Å². The molecular formula is C28H23ClN4O5. The normalized spacial score (nSPS) is 24.6. The fourth-order valence-electron chi connectivity index (χ4n) is 6.20. The molecule has 3 aliphatic rings. The van der Waals surface area contributed by atoms with Gasteiger partial charge in [-0.05, 0) is 60.2 Å². The van der Waals surface area contributed by atoms with Gasteiger partial charge in [0, 0.05) is 35.8 Å². The first-order chi connectivity index (χ1) is 18.3. The summed E-state index contributed by atoms with van der Waals surface area (Å²) in [5.74, 6) is -1.23. The Morgan fingerprint density at radius 2 is 1.74 bits per heavy atom. The van der Waals surface area contributed by atoms with Gasteiger partial charge in [0.2, 0.25) is 5.91 Å². The first kappa shape index (κ1) is 24.1. The summed E-state index contributed by atoms with van der Waals surface area (Å²) in [5.41, 5.74) is 0.923. The van der Waals surface area contributed by atoms with E-state index in [-0.39, 0.29) is 23.7 Å². The van der Waals surface area contributed by atoms with Crippen molar-refractivity contribution < 1.29 is 19.3 Å². The first-order valence-corrected chi connectivity index (χ1v) is 12.7. The molecule has 10 heteroatoms. The molecule has 6 rings (SSSR count). The molecule has 3 atom stereocenters. The number of rotatable bonds is 3. The van der Waals surface area contributed by atoms with Gasteiger partial charge in [0.1, 0.15) is 0 Å². The lowest BCUT2D eigenvalue weighted by atomic mass is 9.64. The third-order valence-electron chi connectivity index (χ3n) is 7.99. The van der Waals surface area contributed by atoms with Crippen LogP contribution in [0.25, 0.3) is 0 Å². The minimum atomic E-state index is -1.66. The minimum absolute atomic E-state index is 0.0608. The number of halogens is 1. The number of hydrogen-bond acceptors (Lipinski definition) is 6. The zero-order chi connectivity index (χ0) is 26.6. The maximum Gasteiger partial charge on any atom is 0.335 e. The fraction of sp³-hybridized carbons (Fsp3) is 0.250. The molecule has 0 saturated carbocycles. The lowest BCUT2D eigenvalue weighted by molar-refractivity contribution is -0.384. The summed E-state index contributed by atoms with van der Waals surface area (Å²) in [6.45, 7) is 0.548. The number of amides is 4. The van der Waals surface area contributed by atoms with Gasteiger partial charge in [-0.25, -0.2) is 9.69 Å². The zero-order valence-electron chi connectivity index (χ0n) is 20.2. The van der Waals surface area contributed by atoms with Crippen molar-refractivity contribution in [2.75, 3.05) is 16.3 Å². The summed E-state index contributed by atoms with van der Waals surface area (Å²) in [6, 6.07) is 19.4. The number of nitro benzene ring substituents is 1. The number of imide groups is 2. The predicted molar refractivity (Wildman–Crippen MR) is 141 cm³/mol. The van der Waals surface area contributed by atoms with Crippen molar-refractivity contribution in [1.82, 2.24) is 5.32 Å². The van der Waals surface area contributed by atoms with Gasteiger partial charge in [0.15, 0.2) is 5.41 Å². The fourth-order valence-corrected chi connectivity index (χ4v) is 6.33. The van der Waals surface area contributed by atoms with E-state index in [2.05, 4.69) is 5.32 Å². The van der Waals surface area contributed by atoms with E-state index in [4.69, 9.17) is 11.6 Å². The number of nitrogens with one attached hydrogen (secondary N) is 1. The molecule has 38 heavy (non-hydrogen) atoms. The van der Waals surface area contributed by atoms with Gasteiger partial charge in [-0.15, -0.1) is 0 Å². The number of carbonyl (C=O) groups excluding carboxylic acids is 3. The Balaban J connectivity index is 1.50. The highest BCUT2D eigenvalue weighted by molar-refractivity contribution is 6.32. The summed E-state index contributed by atoms with van der Waals surface area (Å²) in [7, 11) is 0. The van der Waals surface area contributed by atoms with E-state index in [1.54, 1.807) is 30.3 Å². The highest BCUT2D eigenvalue weighted by Gasteiger charge is 2.63. The average molecular weight is 531 g/mol. The molecule has 0 bridgehead atoms. The summed E-state index contributed by atoms with van der Waals surface area (Å²) >= 11 is 6.03.